The lowest BCUT2D eigenvalue weighted by Crippen LogP contribution is -2.56. The van der Waals surface area contributed by atoms with E-state index in [1.54, 1.807) is 6.20 Å². The van der Waals surface area contributed by atoms with E-state index in [9.17, 15) is 8.78 Å². The van der Waals surface area contributed by atoms with Crippen LogP contribution in [0.5, 0.6) is 0 Å². The summed E-state index contributed by atoms with van der Waals surface area (Å²) in [4.78, 5) is 6.37. The summed E-state index contributed by atoms with van der Waals surface area (Å²) in [5.41, 5.74) is 2.10. The summed E-state index contributed by atoms with van der Waals surface area (Å²) < 4.78 is 32.5. The van der Waals surface area contributed by atoms with E-state index in [-0.39, 0.29) is 11.5 Å². The van der Waals surface area contributed by atoms with Crippen molar-refractivity contribution in [3.63, 3.8) is 0 Å². The van der Waals surface area contributed by atoms with Crippen molar-refractivity contribution in [3.05, 3.63) is 65.5 Å². The third kappa shape index (κ3) is 3.32. The number of aromatic nitrogens is 1. The lowest BCUT2D eigenvalue weighted by Gasteiger charge is -2.47. The molecule has 0 bridgehead atoms. The Morgan fingerprint density at radius 2 is 1.96 bits per heavy atom. The van der Waals surface area contributed by atoms with Crippen molar-refractivity contribution in [1.29, 1.82) is 0 Å². The Bertz CT molecular complexity index is 696. The van der Waals surface area contributed by atoms with E-state index in [0.717, 1.165) is 38.6 Å². The van der Waals surface area contributed by atoms with Gasteiger partial charge in [-0.25, -0.2) is 8.78 Å². The molecular weight excluding hydrogens is 310 g/mol. The normalized spacial score (nSPS) is 22.7. The summed E-state index contributed by atoms with van der Waals surface area (Å²) in [5, 5.41) is 0. The molecular formula is C19H20F2N2O. The molecule has 0 N–H and O–H groups in total. The van der Waals surface area contributed by atoms with Gasteiger partial charge in [-0.2, -0.15) is 0 Å². The molecule has 2 aliphatic rings. The Morgan fingerprint density at radius 3 is 2.67 bits per heavy atom. The Hall–Kier alpha value is -1.85. The van der Waals surface area contributed by atoms with Crippen LogP contribution in [0.4, 0.5) is 8.78 Å². The van der Waals surface area contributed by atoms with Crippen LogP contribution in [0, 0.1) is 17.0 Å². The zero-order valence-electron chi connectivity index (χ0n) is 13.4. The quantitative estimate of drug-likeness (QED) is 0.861. The number of hydrogen-bond acceptors (Lipinski definition) is 3. The van der Waals surface area contributed by atoms with E-state index in [1.165, 1.54) is 17.7 Å². The number of hydrogen-bond donors (Lipinski definition) is 0. The SMILES string of the molecule is Fc1cc(F)cc(CN2CC3(CO[C@@H](Cc4cccnc4)C3)C2)c1. The van der Waals surface area contributed by atoms with Gasteiger partial charge in [0.05, 0.1) is 12.7 Å². The largest absolute Gasteiger partial charge is 0.377 e. The molecule has 3 nitrogen and oxygen atoms in total. The molecule has 0 unspecified atom stereocenters. The fourth-order valence-electron chi connectivity index (χ4n) is 4.00. The van der Waals surface area contributed by atoms with Gasteiger partial charge < -0.3 is 4.74 Å². The first-order chi connectivity index (χ1) is 11.6. The van der Waals surface area contributed by atoms with E-state index in [4.69, 9.17) is 4.74 Å². The van der Waals surface area contributed by atoms with E-state index < -0.39 is 11.6 Å². The van der Waals surface area contributed by atoms with Crippen LogP contribution in [-0.4, -0.2) is 35.7 Å². The number of ether oxygens (including phenoxy) is 1. The molecule has 24 heavy (non-hydrogen) atoms. The second-order valence-electron chi connectivity index (χ2n) is 7.13. The van der Waals surface area contributed by atoms with Crippen LogP contribution < -0.4 is 0 Å². The highest BCUT2D eigenvalue weighted by Crippen LogP contribution is 2.42. The molecule has 126 valence electrons. The van der Waals surface area contributed by atoms with Crippen LogP contribution in [0.15, 0.2) is 42.7 Å². The van der Waals surface area contributed by atoms with Gasteiger partial charge in [0, 0.05) is 49.9 Å². The number of halogens is 2. The molecule has 3 heterocycles. The van der Waals surface area contributed by atoms with Gasteiger partial charge in [0.25, 0.3) is 0 Å². The monoisotopic (exact) mass is 330 g/mol. The molecule has 1 aromatic heterocycles. The maximum atomic E-state index is 13.3. The van der Waals surface area contributed by atoms with Gasteiger partial charge >= 0.3 is 0 Å². The third-order valence-corrected chi connectivity index (χ3v) is 4.92. The highest BCUT2D eigenvalue weighted by atomic mass is 19.1. The average molecular weight is 330 g/mol. The number of nitrogens with zero attached hydrogens (tertiary/aromatic N) is 2. The first-order valence-electron chi connectivity index (χ1n) is 8.28. The molecule has 1 aromatic carbocycles. The van der Waals surface area contributed by atoms with Crippen molar-refractivity contribution < 1.29 is 13.5 Å². The molecule has 5 heteroatoms. The molecule has 1 spiro atoms. The summed E-state index contributed by atoms with van der Waals surface area (Å²) >= 11 is 0. The van der Waals surface area contributed by atoms with Gasteiger partial charge in [0.2, 0.25) is 0 Å². The van der Waals surface area contributed by atoms with Gasteiger partial charge in [0.15, 0.2) is 0 Å². The second kappa shape index (κ2) is 6.22. The summed E-state index contributed by atoms with van der Waals surface area (Å²) in [6, 6.07) is 7.75. The summed E-state index contributed by atoms with van der Waals surface area (Å²) in [5.74, 6) is -1.03. The van der Waals surface area contributed by atoms with Crippen molar-refractivity contribution in [2.24, 2.45) is 5.41 Å². The molecule has 0 amide bonds. The highest BCUT2D eigenvalue weighted by molar-refractivity contribution is 5.19. The lowest BCUT2D eigenvalue weighted by atomic mass is 9.77. The Morgan fingerprint density at radius 1 is 1.17 bits per heavy atom. The lowest BCUT2D eigenvalue weighted by molar-refractivity contribution is -0.0141. The molecule has 1 atom stereocenters. The first kappa shape index (κ1) is 15.7. The molecule has 0 saturated carbocycles. The fourth-order valence-corrected chi connectivity index (χ4v) is 4.00. The zero-order chi connectivity index (χ0) is 16.6. The fraction of sp³-hybridized carbons (Fsp3) is 0.421. The second-order valence-corrected chi connectivity index (χ2v) is 7.13. The number of rotatable bonds is 4. The number of benzene rings is 1. The van der Waals surface area contributed by atoms with E-state index in [2.05, 4.69) is 16.0 Å². The predicted molar refractivity (Wildman–Crippen MR) is 86.4 cm³/mol. The summed E-state index contributed by atoms with van der Waals surface area (Å²) in [6.07, 6.45) is 5.84. The van der Waals surface area contributed by atoms with E-state index in [0.29, 0.717) is 12.1 Å². The van der Waals surface area contributed by atoms with Crippen molar-refractivity contribution >= 4 is 0 Å². The van der Waals surface area contributed by atoms with Crippen LogP contribution in [0.2, 0.25) is 0 Å². The number of pyridine rings is 1. The Kier molecular flexibility index (Phi) is 4.06. The average Bonchev–Trinajstić information content (AvgIpc) is 2.91. The third-order valence-electron chi connectivity index (χ3n) is 4.92. The van der Waals surface area contributed by atoms with Crippen molar-refractivity contribution in [1.82, 2.24) is 9.88 Å². The van der Waals surface area contributed by atoms with Crippen molar-refractivity contribution in [2.45, 2.75) is 25.5 Å². The maximum Gasteiger partial charge on any atom is 0.126 e. The molecule has 0 aliphatic carbocycles. The molecule has 2 aromatic rings. The molecule has 2 saturated heterocycles. The van der Waals surface area contributed by atoms with Gasteiger partial charge in [-0.15, -0.1) is 0 Å². The van der Waals surface area contributed by atoms with Crippen molar-refractivity contribution in [2.75, 3.05) is 19.7 Å². The summed E-state index contributed by atoms with van der Waals surface area (Å²) in [7, 11) is 0. The Labute approximate surface area is 140 Å². The standard InChI is InChI=1S/C19H20F2N2O/c20-16-4-15(5-17(21)7-16)10-23-11-19(12-23)8-18(24-13-19)6-14-2-1-3-22-9-14/h1-5,7,9,18H,6,8,10-13H2/t18-/m0/s1. The maximum absolute atomic E-state index is 13.3. The summed E-state index contributed by atoms with van der Waals surface area (Å²) in [6.45, 7) is 3.21. The van der Waals surface area contributed by atoms with Gasteiger partial charge in [-0.05, 0) is 35.7 Å². The van der Waals surface area contributed by atoms with Crippen molar-refractivity contribution in [3.8, 4) is 0 Å². The number of likely N-dealkylation sites (tertiary alicyclic amines) is 1. The first-order valence-corrected chi connectivity index (χ1v) is 8.28. The van der Waals surface area contributed by atoms with Crippen LogP contribution in [0.1, 0.15) is 17.5 Å². The molecule has 2 fully saturated rings. The zero-order valence-corrected chi connectivity index (χ0v) is 13.4. The van der Waals surface area contributed by atoms with Crippen LogP contribution >= 0.6 is 0 Å². The molecule has 0 radical (unpaired) electrons. The van der Waals surface area contributed by atoms with E-state index >= 15 is 0 Å². The highest BCUT2D eigenvalue weighted by Gasteiger charge is 2.48. The Balaban J connectivity index is 1.31. The smallest absolute Gasteiger partial charge is 0.126 e. The van der Waals surface area contributed by atoms with Gasteiger partial charge in [0.1, 0.15) is 11.6 Å². The minimum Gasteiger partial charge on any atom is -0.377 e. The molecule has 2 aliphatic heterocycles. The minimum atomic E-state index is -0.513. The van der Waals surface area contributed by atoms with Crippen LogP contribution in [0.25, 0.3) is 0 Å². The van der Waals surface area contributed by atoms with Gasteiger partial charge in [-0.3, -0.25) is 9.88 Å². The predicted octanol–water partition coefficient (Wildman–Crippen LogP) is 3.19. The molecule has 4 rings (SSSR count). The minimum absolute atomic E-state index is 0.207. The van der Waals surface area contributed by atoms with Crippen LogP contribution in [-0.2, 0) is 17.7 Å². The van der Waals surface area contributed by atoms with Crippen LogP contribution in [0.3, 0.4) is 0 Å². The topological polar surface area (TPSA) is 25.4 Å². The van der Waals surface area contributed by atoms with Gasteiger partial charge in [-0.1, -0.05) is 6.07 Å². The van der Waals surface area contributed by atoms with E-state index in [1.807, 2.05) is 12.3 Å².